The molecule has 5 rings (SSSR count). The lowest BCUT2D eigenvalue weighted by atomic mass is 9.38. The first-order chi connectivity index (χ1) is 24.1. The molecule has 10 atom stereocenters. The maximum atomic E-state index is 14.2. The van der Waals surface area contributed by atoms with Crippen LogP contribution in [0.15, 0.2) is 23.0 Å². The number of rotatable bonds is 8. The first kappa shape index (κ1) is 38.6. The van der Waals surface area contributed by atoms with Gasteiger partial charge in [-0.25, -0.2) is 14.4 Å². The fourth-order valence-corrected chi connectivity index (χ4v) is 9.67. The summed E-state index contributed by atoms with van der Waals surface area (Å²) in [6.45, 7) is 12.2. The Bertz CT molecular complexity index is 1700. The fraction of sp³-hybridized carbons (Fsp3) is 0.667. The third-order valence-electron chi connectivity index (χ3n) is 11.5. The van der Waals surface area contributed by atoms with Crippen molar-refractivity contribution in [2.24, 2.45) is 28.6 Å². The molecule has 10 unspecified atom stereocenters. The topological polar surface area (TPSA) is 210 Å². The van der Waals surface area contributed by atoms with Gasteiger partial charge in [-0.3, -0.25) is 24.0 Å². The van der Waals surface area contributed by atoms with Crippen LogP contribution >= 0.6 is 0 Å². The van der Waals surface area contributed by atoms with Gasteiger partial charge in [-0.1, -0.05) is 6.92 Å². The second kappa shape index (κ2) is 13.1. The molecule has 0 N–H and O–H groups in total. The Hall–Kier alpha value is -4.60. The van der Waals surface area contributed by atoms with Gasteiger partial charge in [-0.2, -0.15) is 0 Å². The van der Waals surface area contributed by atoms with Gasteiger partial charge in [0.05, 0.1) is 19.6 Å². The number of carbonyl (C=O) groups is 8. The predicted octanol–water partition coefficient (Wildman–Crippen LogP) is 1.99. The van der Waals surface area contributed by atoms with Crippen molar-refractivity contribution in [1.29, 1.82) is 0 Å². The molecule has 2 heterocycles. The van der Waals surface area contributed by atoms with Crippen molar-refractivity contribution in [3.63, 3.8) is 0 Å². The molecule has 16 nitrogen and oxygen atoms in total. The maximum Gasteiger partial charge on any atom is 0.348 e. The summed E-state index contributed by atoms with van der Waals surface area (Å²) in [5.74, 6) is -10.1. The third kappa shape index (κ3) is 5.78. The molecular weight excluding hydrogens is 688 g/mol. The highest BCUT2D eigenvalue weighted by molar-refractivity contribution is 5.98. The molecule has 3 aliphatic carbocycles. The zero-order valence-corrected chi connectivity index (χ0v) is 30.8. The Morgan fingerprint density at radius 2 is 1.52 bits per heavy atom. The van der Waals surface area contributed by atoms with E-state index in [2.05, 4.69) is 0 Å². The molecule has 2 aliphatic heterocycles. The highest BCUT2D eigenvalue weighted by atomic mass is 16.6. The van der Waals surface area contributed by atoms with E-state index in [0.29, 0.717) is 5.57 Å². The molecule has 2 bridgehead atoms. The Labute approximate surface area is 299 Å². The first-order valence-corrected chi connectivity index (χ1v) is 16.9. The zero-order chi connectivity index (χ0) is 38.9. The van der Waals surface area contributed by atoms with Crippen LogP contribution in [0.25, 0.3) is 0 Å². The molecule has 16 heteroatoms. The molecule has 2 saturated carbocycles. The second-order valence-corrected chi connectivity index (χ2v) is 15.0. The summed E-state index contributed by atoms with van der Waals surface area (Å²) in [5.41, 5.74) is -5.70. The minimum Gasteiger partial charge on any atom is -0.467 e. The van der Waals surface area contributed by atoms with Gasteiger partial charge >= 0.3 is 41.8 Å². The number of ketones is 1. The standard InChI is InChI=1S/C36H44O16/c1-15(33(7,8)52-20(6)40)11-24(42)51-27-29-35-14-46-36(29,32(44)45-10)30(49-19(5)39)26(48-18(4)38)28(35)34(9)13-22(41)25(47-17(3)37)16(2)21(34)12-23(35)50-31(27)43/h11,21,23,26-30H,12-14H2,1-10H3. The van der Waals surface area contributed by atoms with Crippen LogP contribution in [0.4, 0.5) is 0 Å². The number of esters is 7. The largest absolute Gasteiger partial charge is 0.467 e. The molecule has 0 amide bonds. The summed E-state index contributed by atoms with van der Waals surface area (Å²) in [6, 6.07) is 0. The van der Waals surface area contributed by atoms with Gasteiger partial charge in [0.2, 0.25) is 11.7 Å². The average Bonchev–Trinajstić information content (AvgIpc) is 3.30. The number of ether oxygens (including phenoxy) is 8. The normalized spacial score (nSPS) is 36.3. The molecule has 0 aromatic heterocycles. The van der Waals surface area contributed by atoms with E-state index < -0.39 is 112 Å². The van der Waals surface area contributed by atoms with Crippen molar-refractivity contribution in [3.05, 3.63) is 23.0 Å². The number of carbonyl (C=O) groups excluding carboxylic acids is 8. The molecular formula is C36H44O16. The van der Waals surface area contributed by atoms with Crippen LogP contribution in [0, 0.1) is 28.6 Å². The van der Waals surface area contributed by atoms with Gasteiger partial charge in [-0.15, -0.1) is 0 Å². The van der Waals surface area contributed by atoms with Crippen LogP contribution in [0.2, 0.25) is 0 Å². The van der Waals surface area contributed by atoms with E-state index in [1.165, 1.54) is 13.8 Å². The first-order valence-electron chi connectivity index (χ1n) is 16.9. The molecule has 4 fully saturated rings. The molecule has 284 valence electrons. The Morgan fingerprint density at radius 1 is 0.885 bits per heavy atom. The summed E-state index contributed by atoms with van der Waals surface area (Å²) in [5, 5.41) is 0. The molecule has 0 aromatic carbocycles. The molecule has 52 heavy (non-hydrogen) atoms. The van der Waals surface area contributed by atoms with Crippen LogP contribution in [-0.2, 0) is 76.3 Å². The number of hydrogen-bond acceptors (Lipinski definition) is 16. The number of hydrogen-bond donors (Lipinski definition) is 0. The van der Waals surface area contributed by atoms with Crippen LogP contribution in [-0.4, -0.2) is 96.9 Å². The summed E-state index contributed by atoms with van der Waals surface area (Å²) < 4.78 is 46.0. The van der Waals surface area contributed by atoms with Crippen molar-refractivity contribution < 1.29 is 76.3 Å². The van der Waals surface area contributed by atoms with E-state index in [1.807, 2.05) is 0 Å². The van der Waals surface area contributed by atoms with Gasteiger partial charge in [-0.05, 0) is 56.6 Å². The Kier molecular flexibility index (Phi) is 9.74. The van der Waals surface area contributed by atoms with Crippen molar-refractivity contribution >= 4 is 47.6 Å². The van der Waals surface area contributed by atoms with Crippen molar-refractivity contribution in [3.8, 4) is 0 Å². The van der Waals surface area contributed by atoms with Crippen molar-refractivity contribution in [2.45, 2.75) is 111 Å². The quantitative estimate of drug-likeness (QED) is 0.198. The number of fused-ring (bicyclic) bond motifs is 2. The Morgan fingerprint density at radius 3 is 2.08 bits per heavy atom. The smallest absolute Gasteiger partial charge is 0.348 e. The zero-order valence-electron chi connectivity index (χ0n) is 30.8. The van der Waals surface area contributed by atoms with Crippen molar-refractivity contribution in [2.75, 3.05) is 13.7 Å². The molecule has 0 radical (unpaired) electrons. The maximum absolute atomic E-state index is 14.2. The van der Waals surface area contributed by atoms with Gasteiger partial charge in [0.25, 0.3) is 0 Å². The summed E-state index contributed by atoms with van der Waals surface area (Å²) >= 11 is 0. The molecule has 0 aromatic rings. The van der Waals surface area contributed by atoms with Gasteiger partial charge in [0, 0.05) is 51.5 Å². The summed E-state index contributed by atoms with van der Waals surface area (Å²) in [6.07, 6.45) is -5.42. The van der Waals surface area contributed by atoms with E-state index in [-0.39, 0.29) is 30.8 Å². The molecule has 2 saturated heterocycles. The van der Waals surface area contributed by atoms with Gasteiger partial charge < -0.3 is 37.9 Å². The fourth-order valence-electron chi connectivity index (χ4n) is 9.67. The highest BCUT2D eigenvalue weighted by Gasteiger charge is 2.86. The predicted molar refractivity (Wildman–Crippen MR) is 171 cm³/mol. The van der Waals surface area contributed by atoms with E-state index in [1.54, 1.807) is 27.7 Å². The summed E-state index contributed by atoms with van der Waals surface area (Å²) in [7, 11) is 1.05. The number of Topliss-reactive ketones (excluding diaryl/α,β-unsaturated/α-hetero) is 1. The minimum atomic E-state index is -2.38. The second-order valence-electron chi connectivity index (χ2n) is 15.0. The van der Waals surface area contributed by atoms with Crippen LogP contribution in [0.3, 0.4) is 0 Å². The lowest BCUT2D eigenvalue weighted by Gasteiger charge is -2.67. The number of allylic oxidation sites excluding steroid dienone is 2. The van der Waals surface area contributed by atoms with Crippen molar-refractivity contribution in [1.82, 2.24) is 0 Å². The highest BCUT2D eigenvalue weighted by Crippen LogP contribution is 2.73. The van der Waals surface area contributed by atoms with E-state index in [4.69, 9.17) is 37.9 Å². The lowest BCUT2D eigenvalue weighted by molar-refractivity contribution is -0.294. The van der Waals surface area contributed by atoms with E-state index in [9.17, 15) is 38.4 Å². The number of methoxy groups -OCH3 is 1. The summed E-state index contributed by atoms with van der Waals surface area (Å²) in [4.78, 5) is 105. The third-order valence-corrected chi connectivity index (χ3v) is 11.5. The van der Waals surface area contributed by atoms with Crippen LogP contribution in [0.5, 0.6) is 0 Å². The molecule has 1 spiro atoms. The molecule has 5 aliphatic rings. The lowest BCUT2D eigenvalue weighted by Crippen LogP contribution is -2.80. The van der Waals surface area contributed by atoms with Gasteiger partial charge in [0.1, 0.15) is 17.8 Å². The minimum absolute atomic E-state index is 0.0427. The van der Waals surface area contributed by atoms with Gasteiger partial charge in [0.15, 0.2) is 17.6 Å². The van der Waals surface area contributed by atoms with Crippen LogP contribution in [0.1, 0.15) is 75.2 Å². The van der Waals surface area contributed by atoms with E-state index >= 15 is 0 Å². The van der Waals surface area contributed by atoms with E-state index in [0.717, 1.165) is 34.0 Å². The SMILES string of the molecule is COC(=O)C12OCC34C(CC5C(C)=C(OC(C)=O)C(=O)CC5(C)C3C(OC(C)=O)C1OC(C)=O)OC(=O)C(OC(=O)C=C(C)C(C)(C)OC(C)=O)C24. The van der Waals surface area contributed by atoms with Crippen LogP contribution < -0.4 is 0 Å². The Balaban J connectivity index is 1.76. The average molecular weight is 733 g/mol. The monoisotopic (exact) mass is 732 g/mol.